The number of methoxy groups -OCH3 is 1. The van der Waals surface area contributed by atoms with Crippen LogP contribution in [0, 0.1) is 0 Å². The summed E-state index contributed by atoms with van der Waals surface area (Å²) in [5, 5.41) is 8.37. The van der Waals surface area contributed by atoms with Gasteiger partial charge >= 0.3 is 0 Å². The molecule has 0 aliphatic carbocycles. The molecule has 0 spiro atoms. The maximum atomic E-state index is 12.7. The minimum atomic E-state index is -3.34. The van der Waals surface area contributed by atoms with E-state index in [1.807, 2.05) is 54.6 Å². The number of sulfonamides is 1. The minimum absolute atomic E-state index is 0.0248. The first-order valence-corrected chi connectivity index (χ1v) is 11.2. The number of aromatic nitrogens is 2. The molecule has 0 bridgehead atoms. The summed E-state index contributed by atoms with van der Waals surface area (Å²) in [5.41, 5.74) is 1.55. The van der Waals surface area contributed by atoms with Gasteiger partial charge in [-0.3, -0.25) is 0 Å². The van der Waals surface area contributed by atoms with E-state index < -0.39 is 10.0 Å². The van der Waals surface area contributed by atoms with Gasteiger partial charge in [0.2, 0.25) is 15.9 Å². The van der Waals surface area contributed by atoms with Crippen LogP contribution in [-0.4, -0.2) is 43.1 Å². The molecule has 2 aromatic carbocycles. The first-order valence-electron chi connectivity index (χ1n) is 9.55. The molecular formula is C21H23N3O4S. The lowest BCUT2D eigenvalue weighted by Crippen LogP contribution is -2.38. The number of para-hydroxylation sites is 1. The third kappa shape index (κ3) is 4.33. The lowest BCUT2D eigenvalue weighted by molar-refractivity contribution is 0.291. The molecular weight excluding hydrogens is 390 g/mol. The topological polar surface area (TPSA) is 85.5 Å². The van der Waals surface area contributed by atoms with E-state index in [1.165, 1.54) is 0 Å². The number of hydrogen-bond donors (Lipinski definition) is 0. The molecule has 4 rings (SSSR count). The van der Waals surface area contributed by atoms with Gasteiger partial charge in [0.25, 0.3) is 5.89 Å². The van der Waals surface area contributed by atoms with Crippen LogP contribution in [0.5, 0.6) is 5.75 Å². The molecule has 29 heavy (non-hydrogen) atoms. The van der Waals surface area contributed by atoms with E-state index in [0.717, 1.165) is 11.1 Å². The van der Waals surface area contributed by atoms with Crippen LogP contribution >= 0.6 is 0 Å². The van der Waals surface area contributed by atoms with Crippen LogP contribution in [0.25, 0.3) is 11.5 Å². The van der Waals surface area contributed by atoms with Gasteiger partial charge in [0.15, 0.2) is 0 Å². The zero-order valence-corrected chi connectivity index (χ0v) is 17.0. The number of rotatable bonds is 6. The average molecular weight is 413 g/mol. The fourth-order valence-corrected chi connectivity index (χ4v) is 5.15. The molecule has 1 aliphatic rings. The largest absolute Gasteiger partial charge is 0.496 e. The number of ether oxygens (including phenoxy) is 1. The molecule has 0 atom stereocenters. The number of benzene rings is 2. The van der Waals surface area contributed by atoms with Crippen LogP contribution in [0.3, 0.4) is 0 Å². The third-order valence-corrected chi connectivity index (χ3v) is 7.02. The second-order valence-corrected chi connectivity index (χ2v) is 9.03. The summed E-state index contributed by atoms with van der Waals surface area (Å²) < 4.78 is 38.3. The summed E-state index contributed by atoms with van der Waals surface area (Å²) in [7, 11) is -1.74. The lowest BCUT2D eigenvalue weighted by Gasteiger charge is -2.29. The van der Waals surface area contributed by atoms with Crippen molar-refractivity contribution >= 4 is 10.0 Å². The van der Waals surface area contributed by atoms with Crippen molar-refractivity contribution in [3.05, 3.63) is 66.1 Å². The van der Waals surface area contributed by atoms with Crippen molar-refractivity contribution in [2.24, 2.45) is 0 Å². The molecule has 2 heterocycles. The van der Waals surface area contributed by atoms with Gasteiger partial charge in [0, 0.05) is 19.0 Å². The van der Waals surface area contributed by atoms with Crippen molar-refractivity contribution in [1.29, 1.82) is 0 Å². The van der Waals surface area contributed by atoms with Gasteiger partial charge < -0.3 is 9.15 Å². The van der Waals surface area contributed by atoms with E-state index in [1.54, 1.807) is 11.4 Å². The summed E-state index contributed by atoms with van der Waals surface area (Å²) in [6.07, 6.45) is 1.31. The first-order chi connectivity index (χ1) is 14.1. The fraction of sp³-hybridized carbons (Fsp3) is 0.333. The molecule has 1 aliphatic heterocycles. The predicted octanol–water partition coefficient (Wildman–Crippen LogP) is 3.45. The zero-order valence-electron chi connectivity index (χ0n) is 16.2. The minimum Gasteiger partial charge on any atom is -0.496 e. The van der Waals surface area contributed by atoms with Crippen molar-refractivity contribution in [2.75, 3.05) is 20.2 Å². The first kappa shape index (κ1) is 19.6. The maximum Gasteiger partial charge on any atom is 0.251 e. The van der Waals surface area contributed by atoms with Crippen molar-refractivity contribution in [3.8, 4) is 17.2 Å². The van der Waals surface area contributed by atoms with Crippen molar-refractivity contribution in [1.82, 2.24) is 14.5 Å². The Morgan fingerprint density at radius 1 is 1.03 bits per heavy atom. The SMILES string of the molecule is COc1ccccc1-c1nnc(C2CCN(S(=O)(=O)Cc3ccccc3)CC2)o1. The quantitative estimate of drug-likeness (QED) is 0.615. The molecule has 1 saturated heterocycles. The number of hydrogen-bond acceptors (Lipinski definition) is 6. The zero-order chi connectivity index (χ0) is 20.3. The van der Waals surface area contributed by atoms with E-state index in [2.05, 4.69) is 10.2 Å². The van der Waals surface area contributed by atoms with Crippen LogP contribution in [0.2, 0.25) is 0 Å². The van der Waals surface area contributed by atoms with Crippen LogP contribution in [-0.2, 0) is 15.8 Å². The Hall–Kier alpha value is -2.71. The van der Waals surface area contributed by atoms with Crippen molar-refractivity contribution in [3.63, 3.8) is 0 Å². The van der Waals surface area contributed by atoms with Gasteiger partial charge in [0.05, 0.1) is 18.4 Å². The molecule has 0 amide bonds. The highest BCUT2D eigenvalue weighted by atomic mass is 32.2. The molecule has 0 N–H and O–H groups in total. The van der Waals surface area contributed by atoms with Crippen molar-refractivity contribution in [2.45, 2.75) is 24.5 Å². The summed E-state index contributed by atoms with van der Waals surface area (Å²) in [4.78, 5) is 0. The van der Waals surface area contributed by atoms with Gasteiger partial charge in [-0.2, -0.15) is 0 Å². The van der Waals surface area contributed by atoms with Crippen LogP contribution in [0.1, 0.15) is 30.2 Å². The van der Waals surface area contributed by atoms with Gasteiger partial charge in [-0.05, 0) is 30.5 Å². The Kier molecular flexibility index (Phi) is 5.64. The molecule has 7 nitrogen and oxygen atoms in total. The molecule has 152 valence electrons. The summed E-state index contributed by atoms with van der Waals surface area (Å²) in [6.45, 7) is 0.901. The van der Waals surface area contributed by atoms with Crippen molar-refractivity contribution < 1.29 is 17.6 Å². The Balaban J connectivity index is 1.42. The lowest BCUT2D eigenvalue weighted by atomic mass is 9.98. The van der Waals surface area contributed by atoms with E-state index in [4.69, 9.17) is 9.15 Å². The van der Waals surface area contributed by atoms with E-state index in [0.29, 0.717) is 43.5 Å². The Labute approximate surface area is 170 Å². The van der Waals surface area contributed by atoms with Crippen LogP contribution in [0.4, 0.5) is 0 Å². The van der Waals surface area contributed by atoms with Gasteiger partial charge in [0.1, 0.15) is 5.75 Å². The highest BCUT2D eigenvalue weighted by molar-refractivity contribution is 7.88. The average Bonchev–Trinajstić information content (AvgIpc) is 3.24. The Morgan fingerprint density at radius 3 is 2.45 bits per heavy atom. The standard InChI is InChI=1S/C21H23N3O4S/c1-27-19-10-6-5-9-18(19)21-23-22-20(28-21)17-11-13-24(14-12-17)29(25,26)15-16-7-3-2-4-8-16/h2-10,17H,11-15H2,1H3. The second-order valence-electron chi connectivity index (χ2n) is 7.06. The molecule has 1 fully saturated rings. The highest BCUT2D eigenvalue weighted by Crippen LogP contribution is 2.33. The smallest absolute Gasteiger partial charge is 0.251 e. The van der Waals surface area contributed by atoms with Gasteiger partial charge in [-0.1, -0.05) is 42.5 Å². The summed E-state index contributed by atoms with van der Waals surface area (Å²) in [6, 6.07) is 16.7. The highest BCUT2D eigenvalue weighted by Gasteiger charge is 2.31. The molecule has 0 saturated carbocycles. The third-order valence-electron chi connectivity index (χ3n) is 5.17. The number of piperidine rings is 1. The Morgan fingerprint density at radius 2 is 1.72 bits per heavy atom. The monoisotopic (exact) mass is 413 g/mol. The normalized spacial score (nSPS) is 16.0. The van der Waals surface area contributed by atoms with Crippen LogP contribution in [0.15, 0.2) is 59.0 Å². The summed E-state index contributed by atoms with van der Waals surface area (Å²) in [5.74, 6) is 1.71. The predicted molar refractivity (Wildman–Crippen MR) is 109 cm³/mol. The molecule has 1 aromatic heterocycles. The number of nitrogens with zero attached hydrogens (tertiary/aromatic N) is 3. The van der Waals surface area contributed by atoms with E-state index in [-0.39, 0.29) is 11.7 Å². The summed E-state index contributed by atoms with van der Waals surface area (Å²) >= 11 is 0. The second kappa shape index (κ2) is 8.34. The van der Waals surface area contributed by atoms with E-state index in [9.17, 15) is 8.42 Å². The molecule has 0 unspecified atom stereocenters. The fourth-order valence-electron chi connectivity index (χ4n) is 3.59. The van der Waals surface area contributed by atoms with Gasteiger partial charge in [-0.25, -0.2) is 12.7 Å². The molecule has 3 aromatic rings. The molecule has 0 radical (unpaired) electrons. The Bertz CT molecular complexity index is 1060. The van der Waals surface area contributed by atoms with Crippen LogP contribution < -0.4 is 4.74 Å². The molecule has 8 heteroatoms. The van der Waals surface area contributed by atoms with Gasteiger partial charge in [-0.15, -0.1) is 10.2 Å². The van der Waals surface area contributed by atoms with E-state index >= 15 is 0 Å². The maximum absolute atomic E-state index is 12.7.